The fourth-order valence-electron chi connectivity index (χ4n) is 5.57. The average Bonchev–Trinajstić information content (AvgIpc) is 3.38. The van der Waals surface area contributed by atoms with E-state index in [2.05, 4.69) is 20.0 Å². The number of fused-ring (bicyclic) bond motifs is 1. The number of benzene rings is 1. The fourth-order valence-corrected chi connectivity index (χ4v) is 5.57. The number of ether oxygens (including phenoxy) is 1. The monoisotopic (exact) mass is 491 g/mol. The lowest BCUT2D eigenvalue weighted by atomic mass is 9.78. The number of halogens is 3. The van der Waals surface area contributed by atoms with Gasteiger partial charge in [0.25, 0.3) is 5.91 Å². The van der Waals surface area contributed by atoms with Crippen molar-refractivity contribution in [2.75, 3.05) is 26.3 Å². The summed E-state index contributed by atoms with van der Waals surface area (Å²) in [5, 5.41) is 6.57. The van der Waals surface area contributed by atoms with Gasteiger partial charge in [-0.05, 0) is 24.5 Å². The Morgan fingerprint density at radius 1 is 1.17 bits per heavy atom. The second-order valence-electron chi connectivity index (χ2n) is 9.98. The molecule has 4 aliphatic rings. The molecule has 35 heavy (non-hydrogen) atoms. The van der Waals surface area contributed by atoms with Crippen LogP contribution >= 0.6 is 0 Å². The smallest absolute Gasteiger partial charge is 0.380 e. The van der Waals surface area contributed by atoms with Crippen molar-refractivity contribution >= 4 is 11.9 Å². The molecule has 1 spiro atoms. The molecule has 4 heterocycles. The van der Waals surface area contributed by atoms with Crippen LogP contribution in [0.1, 0.15) is 47.5 Å². The van der Waals surface area contributed by atoms with Gasteiger partial charge in [0.1, 0.15) is 0 Å². The number of rotatable bonds is 3. The SMILES string of the molecule is O=C(N[C@@H]1CCCC[C@H]1N1Cc2ccc(-c3noc(C(F)(F)F)n3)cc2C1=O)N1CC2(COC2)C1. The van der Waals surface area contributed by atoms with Gasteiger partial charge in [0, 0.05) is 30.8 Å². The Morgan fingerprint density at radius 3 is 2.63 bits per heavy atom. The largest absolute Gasteiger partial charge is 0.471 e. The van der Waals surface area contributed by atoms with E-state index in [1.165, 1.54) is 6.07 Å². The Bertz CT molecular complexity index is 1170. The predicted octanol–water partition coefficient (Wildman–Crippen LogP) is 3.06. The molecule has 1 saturated carbocycles. The number of amides is 3. The molecule has 2 aromatic rings. The highest BCUT2D eigenvalue weighted by Crippen LogP contribution is 2.38. The van der Waals surface area contributed by atoms with Gasteiger partial charge in [0.05, 0.1) is 30.7 Å². The van der Waals surface area contributed by atoms with Gasteiger partial charge in [-0.2, -0.15) is 18.2 Å². The van der Waals surface area contributed by atoms with E-state index in [0.29, 0.717) is 38.4 Å². The number of carbonyl (C=O) groups excluding carboxylic acids is 2. The molecule has 0 bridgehead atoms. The van der Waals surface area contributed by atoms with Gasteiger partial charge < -0.3 is 24.4 Å². The minimum Gasteiger partial charge on any atom is -0.380 e. The molecular formula is C23H24F3N5O4. The zero-order valence-corrected chi connectivity index (χ0v) is 18.8. The van der Waals surface area contributed by atoms with Crippen LogP contribution < -0.4 is 5.32 Å². The third-order valence-corrected chi connectivity index (χ3v) is 7.46. The number of hydrogen-bond acceptors (Lipinski definition) is 6. The Kier molecular flexibility index (Phi) is 5.06. The van der Waals surface area contributed by atoms with Crippen LogP contribution in [0.3, 0.4) is 0 Å². The lowest BCUT2D eigenvalue weighted by molar-refractivity contribution is -0.175. The molecule has 3 aliphatic heterocycles. The number of likely N-dealkylation sites (tertiary alicyclic amines) is 1. The number of urea groups is 1. The molecule has 12 heteroatoms. The summed E-state index contributed by atoms with van der Waals surface area (Å²) in [5.74, 6) is -1.86. The van der Waals surface area contributed by atoms with Crippen LogP contribution in [-0.2, 0) is 17.5 Å². The summed E-state index contributed by atoms with van der Waals surface area (Å²) in [6.45, 7) is 3.17. The fraction of sp³-hybridized carbons (Fsp3) is 0.565. The zero-order valence-electron chi connectivity index (χ0n) is 18.8. The van der Waals surface area contributed by atoms with Crippen molar-refractivity contribution in [2.24, 2.45) is 5.41 Å². The second kappa shape index (κ2) is 7.94. The van der Waals surface area contributed by atoms with Crippen molar-refractivity contribution in [1.29, 1.82) is 0 Å². The van der Waals surface area contributed by atoms with Crippen LogP contribution in [0.4, 0.5) is 18.0 Å². The Balaban J connectivity index is 1.16. The molecule has 1 aromatic heterocycles. The number of nitrogens with zero attached hydrogens (tertiary/aromatic N) is 4. The third-order valence-electron chi connectivity index (χ3n) is 7.46. The lowest BCUT2D eigenvalue weighted by Crippen LogP contribution is -2.69. The van der Waals surface area contributed by atoms with E-state index in [0.717, 1.165) is 31.2 Å². The van der Waals surface area contributed by atoms with Crippen LogP contribution in [0.2, 0.25) is 0 Å². The van der Waals surface area contributed by atoms with E-state index < -0.39 is 12.1 Å². The maximum Gasteiger partial charge on any atom is 0.471 e. The summed E-state index contributed by atoms with van der Waals surface area (Å²) in [5.41, 5.74) is 1.60. The van der Waals surface area contributed by atoms with Crippen molar-refractivity contribution in [2.45, 2.75) is 50.5 Å². The van der Waals surface area contributed by atoms with Crippen LogP contribution in [0.5, 0.6) is 0 Å². The van der Waals surface area contributed by atoms with Crippen LogP contribution in [0.25, 0.3) is 11.4 Å². The number of alkyl halides is 3. The molecule has 3 amide bonds. The second-order valence-corrected chi connectivity index (χ2v) is 9.98. The summed E-state index contributed by atoms with van der Waals surface area (Å²) in [6, 6.07) is 4.39. The molecule has 1 aromatic carbocycles. The van der Waals surface area contributed by atoms with E-state index in [-0.39, 0.29) is 40.8 Å². The molecule has 1 N–H and O–H groups in total. The quantitative estimate of drug-likeness (QED) is 0.709. The lowest BCUT2D eigenvalue weighted by Gasteiger charge is -2.55. The first-order chi connectivity index (χ1) is 16.7. The van der Waals surface area contributed by atoms with Gasteiger partial charge in [-0.3, -0.25) is 4.79 Å². The van der Waals surface area contributed by atoms with Crippen molar-refractivity contribution in [3.8, 4) is 11.4 Å². The molecule has 0 unspecified atom stereocenters. The minimum absolute atomic E-state index is 0.108. The summed E-state index contributed by atoms with van der Waals surface area (Å²) in [4.78, 5) is 33.2. The summed E-state index contributed by atoms with van der Waals surface area (Å²) >= 11 is 0. The molecule has 9 nitrogen and oxygen atoms in total. The normalized spacial score (nSPS) is 25.3. The number of nitrogens with one attached hydrogen (secondary N) is 1. The molecule has 1 aliphatic carbocycles. The Hall–Kier alpha value is -3.15. The van der Waals surface area contributed by atoms with Gasteiger partial charge in [0.15, 0.2) is 0 Å². The maximum absolute atomic E-state index is 13.4. The van der Waals surface area contributed by atoms with Gasteiger partial charge in [-0.15, -0.1) is 0 Å². The van der Waals surface area contributed by atoms with Crippen molar-refractivity contribution in [3.63, 3.8) is 0 Å². The molecule has 6 rings (SSSR count). The van der Waals surface area contributed by atoms with E-state index in [9.17, 15) is 22.8 Å². The topological polar surface area (TPSA) is 101 Å². The number of carbonyl (C=O) groups is 2. The molecular weight excluding hydrogens is 467 g/mol. The van der Waals surface area contributed by atoms with E-state index in [4.69, 9.17) is 4.74 Å². The average molecular weight is 491 g/mol. The van der Waals surface area contributed by atoms with Gasteiger partial charge in [0.2, 0.25) is 5.82 Å². The minimum atomic E-state index is -4.74. The molecule has 0 radical (unpaired) electrons. The highest BCUT2D eigenvalue weighted by atomic mass is 19.4. The third kappa shape index (κ3) is 3.83. The summed E-state index contributed by atoms with van der Waals surface area (Å²) in [7, 11) is 0. The molecule has 2 saturated heterocycles. The number of aromatic nitrogens is 2. The van der Waals surface area contributed by atoms with Crippen LogP contribution in [-0.4, -0.2) is 70.3 Å². The van der Waals surface area contributed by atoms with Crippen LogP contribution in [0.15, 0.2) is 22.7 Å². The first-order valence-corrected chi connectivity index (χ1v) is 11.7. The van der Waals surface area contributed by atoms with Gasteiger partial charge in [-0.1, -0.05) is 30.1 Å². The summed E-state index contributed by atoms with van der Waals surface area (Å²) < 4.78 is 48.1. The first kappa shape index (κ1) is 22.3. The van der Waals surface area contributed by atoms with E-state index in [1.54, 1.807) is 21.9 Å². The van der Waals surface area contributed by atoms with E-state index in [1.807, 2.05) is 0 Å². The van der Waals surface area contributed by atoms with Crippen molar-refractivity contribution in [1.82, 2.24) is 25.3 Å². The maximum atomic E-state index is 13.4. The first-order valence-electron chi connectivity index (χ1n) is 11.7. The van der Waals surface area contributed by atoms with Gasteiger partial charge in [-0.25, -0.2) is 4.79 Å². The summed E-state index contributed by atoms with van der Waals surface area (Å²) in [6.07, 6.45) is -1.26. The molecule has 2 atom stereocenters. The number of hydrogen-bond donors (Lipinski definition) is 1. The molecule has 3 fully saturated rings. The highest BCUT2D eigenvalue weighted by Gasteiger charge is 2.51. The molecule has 186 valence electrons. The Morgan fingerprint density at radius 2 is 1.94 bits per heavy atom. The predicted molar refractivity (Wildman–Crippen MR) is 114 cm³/mol. The van der Waals surface area contributed by atoms with Crippen molar-refractivity contribution in [3.05, 3.63) is 35.2 Å². The van der Waals surface area contributed by atoms with Crippen LogP contribution in [0, 0.1) is 5.41 Å². The highest BCUT2D eigenvalue weighted by molar-refractivity contribution is 5.99. The Labute approximate surface area is 198 Å². The van der Waals surface area contributed by atoms with E-state index >= 15 is 0 Å². The van der Waals surface area contributed by atoms with Crippen molar-refractivity contribution < 1.29 is 32.0 Å². The van der Waals surface area contributed by atoms with Gasteiger partial charge >= 0.3 is 18.1 Å². The zero-order chi connectivity index (χ0) is 24.4. The standard InChI is InChI=1S/C23H24F3N5O4/c24-23(25,26)20-28-18(29-35-20)13-5-6-14-8-31(19(32)15(14)7-13)17-4-2-1-3-16(17)27-21(33)30-9-22(10-30)11-34-12-22/h5-7,16-17H,1-4,8-12H2,(H,27,33)/t16-,17-/m1/s1.